The lowest BCUT2D eigenvalue weighted by molar-refractivity contribution is 0.0966. The minimum Gasteiger partial charge on any atom is -0.496 e. The lowest BCUT2D eigenvalue weighted by Crippen LogP contribution is -2.42. The molecule has 0 unspecified atom stereocenters. The number of aliphatic hydroxyl groups is 1. The molecule has 1 aliphatic rings. The number of hydrogen-bond acceptors (Lipinski definition) is 3. The Kier molecular flexibility index (Phi) is 3.40. The number of ether oxygens (including phenoxy) is 1. The molecule has 1 aliphatic carbocycles. The van der Waals surface area contributed by atoms with Crippen LogP contribution in [-0.4, -0.2) is 18.3 Å². The second-order valence-corrected chi connectivity index (χ2v) is 5.02. The van der Waals surface area contributed by atoms with Gasteiger partial charge in [-0.25, -0.2) is 0 Å². The van der Waals surface area contributed by atoms with Crippen molar-refractivity contribution in [2.45, 2.75) is 44.2 Å². The van der Waals surface area contributed by atoms with E-state index in [9.17, 15) is 5.11 Å². The normalized spacial score (nSPS) is 29.1. The first-order chi connectivity index (χ1) is 8.07. The highest BCUT2D eigenvalue weighted by molar-refractivity contribution is 5.43. The number of aliphatic hydroxyl groups excluding tert-OH is 1. The van der Waals surface area contributed by atoms with Crippen molar-refractivity contribution in [3.63, 3.8) is 0 Å². The molecule has 1 saturated carbocycles. The fraction of sp³-hybridized carbons (Fsp3) is 0.571. The third-order valence-electron chi connectivity index (χ3n) is 3.89. The molecule has 0 amide bonds. The van der Waals surface area contributed by atoms with Gasteiger partial charge in [-0.05, 0) is 49.8 Å². The van der Waals surface area contributed by atoms with Crippen molar-refractivity contribution in [3.8, 4) is 5.75 Å². The van der Waals surface area contributed by atoms with Crippen LogP contribution in [0.1, 0.15) is 36.8 Å². The highest BCUT2D eigenvalue weighted by Gasteiger charge is 2.34. The highest BCUT2D eigenvalue weighted by atomic mass is 16.5. The van der Waals surface area contributed by atoms with Gasteiger partial charge >= 0.3 is 0 Å². The maximum atomic E-state index is 9.58. The summed E-state index contributed by atoms with van der Waals surface area (Å²) < 4.78 is 5.34. The van der Waals surface area contributed by atoms with Crippen molar-refractivity contribution in [1.29, 1.82) is 0 Å². The molecule has 0 atom stereocenters. The SMILES string of the molecule is COc1cccc(C2(N)CCC(O)CC2)c1C. The van der Waals surface area contributed by atoms with Crippen molar-refractivity contribution >= 4 is 0 Å². The largest absolute Gasteiger partial charge is 0.496 e. The van der Waals surface area contributed by atoms with Crippen LogP contribution in [-0.2, 0) is 5.54 Å². The fourth-order valence-corrected chi connectivity index (χ4v) is 2.76. The van der Waals surface area contributed by atoms with Crippen molar-refractivity contribution in [1.82, 2.24) is 0 Å². The Labute approximate surface area is 103 Å². The first-order valence-corrected chi connectivity index (χ1v) is 6.18. The van der Waals surface area contributed by atoms with Gasteiger partial charge in [0.1, 0.15) is 5.75 Å². The number of hydrogen-bond donors (Lipinski definition) is 2. The van der Waals surface area contributed by atoms with E-state index in [0.717, 1.165) is 42.6 Å². The number of rotatable bonds is 2. The maximum absolute atomic E-state index is 9.58. The molecular weight excluding hydrogens is 214 g/mol. The van der Waals surface area contributed by atoms with Crippen LogP contribution in [0.25, 0.3) is 0 Å². The first-order valence-electron chi connectivity index (χ1n) is 6.18. The van der Waals surface area contributed by atoms with Gasteiger partial charge in [0.2, 0.25) is 0 Å². The first kappa shape index (κ1) is 12.4. The number of benzene rings is 1. The lowest BCUT2D eigenvalue weighted by atomic mass is 9.75. The van der Waals surface area contributed by atoms with Crippen molar-refractivity contribution in [2.24, 2.45) is 5.73 Å². The van der Waals surface area contributed by atoms with E-state index in [1.807, 2.05) is 19.1 Å². The highest BCUT2D eigenvalue weighted by Crippen LogP contribution is 2.38. The molecular formula is C14H21NO2. The van der Waals surface area contributed by atoms with Crippen molar-refractivity contribution < 1.29 is 9.84 Å². The molecule has 0 spiro atoms. The van der Waals surface area contributed by atoms with Crippen LogP contribution < -0.4 is 10.5 Å². The molecule has 0 heterocycles. The van der Waals surface area contributed by atoms with E-state index in [1.54, 1.807) is 7.11 Å². The van der Waals surface area contributed by atoms with Gasteiger partial charge in [-0.15, -0.1) is 0 Å². The van der Waals surface area contributed by atoms with Crippen LogP contribution in [0, 0.1) is 6.92 Å². The molecule has 1 fully saturated rings. The minimum atomic E-state index is -0.308. The monoisotopic (exact) mass is 235 g/mol. The molecule has 0 saturated heterocycles. The number of nitrogens with two attached hydrogens (primary N) is 1. The lowest BCUT2D eigenvalue weighted by Gasteiger charge is -2.37. The quantitative estimate of drug-likeness (QED) is 0.825. The minimum absolute atomic E-state index is 0.183. The molecule has 0 radical (unpaired) electrons. The third kappa shape index (κ3) is 2.31. The van der Waals surface area contributed by atoms with Crippen LogP contribution in [0.15, 0.2) is 18.2 Å². The van der Waals surface area contributed by atoms with Crippen LogP contribution >= 0.6 is 0 Å². The van der Waals surface area contributed by atoms with Gasteiger partial charge in [0.25, 0.3) is 0 Å². The molecule has 3 nitrogen and oxygen atoms in total. The number of methoxy groups -OCH3 is 1. The summed E-state index contributed by atoms with van der Waals surface area (Å²) in [5.74, 6) is 0.887. The summed E-state index contributed by atoms with van der Waals surface area (Å²) in [5, 5.41) is 9.58. The zero-order valence-corrected chi connectivity index (χ0v) is 10.6. The van der Waals surface area contributed by atoms with E-state index in [1.165, 1.54) is 0 Å². The summed E-state index contributed by atoms with van der Waals surface area (Å²) in [6, 6.07) is 6.02. The standard InChI is InChI=1S/C14H21NO2/c1-10-12(4-3-5-13(10)17-2)14(15)8-6-11(16)7-9-14/h3-5,11,16H,6-9,15H2,1-2H3. The predicted octanol–water partition coefficient (Wildman–Crippen LogP) is 2.09. The Morgan fingerprint density at radius 1 is 1.35 bits per heavy atom. The zero-order chi connectivity index (χ0) is 12.5. The molecule has 1 aromatic carbocycles. The Morgan fingerprint density at radius 2 is 2.00 bits per heavy atom. The Bertz CT molecular complexity index is 395. The van der Waals surface area contributed by atoms with Crippen LogP contribution in [0.2, 0.25) is 0 Å². The van der Waals surface area contributed by atoms with E-state index in [4.69, 9.17) is 10.5 Å². The van der Waals surface area contributed by atoms with Gasteiger partial charge in [0.15, 0.2) is 0 Å². The zero-order valence-electron chi connectivity index (χ0n) is 10.6. The summed E-state index contributed by atoms with van der Waals surface area (Å²) in [4.78, 5) is 0. The molecule has 1 aromatic rings. The van der Waals surface area contributed by atoms with Gasteiger partial charge in [-0.1, -0.05) is 12.1 Å². The smallest absolute Gasteiger partial charge is 0.122 e. The van der Waals surface area contributed by atoms with Gasteiger partial charge in [0.05, 0.1) is 13.2 Å². The van der Waals surface area contributed by atoms with Gasteiger partial charge in [-0.2, -0.15) is 0 Å². The van der Waals surface area contributed by atoms with E-state index in [-0.39, 0.29) is 11.6 Å². The Balaban J connectivity index is 2.33. The molecule has 94 valence electrons. The summed E-state index contributed by atoms with van der Waals surface area (Å²) in [6.45, 7) is 2.05. The average molecular weight is 235 g/mol. The summed E-state index contributed by atoms with van der Waals surface area (Å²) in [6.07, 6.45) is 3.06. The van der Waals surface area contributed by atoms with Gasteiger partial charge in [-0.3, -0.25) is 0 Å². The average Bonchev–Trinajstić information content (AvgIpc) is 2.33. The van der Waals surface area contributed by atoms with E-state index >= 15 is 0 Å². The van der Waals surface area contributed by atoms with Crippen LogP contribution in [0.5, 0.6) is 5.75 Å². The second-order valence-electron chi connectivity index (χ2n) is 5.02. The molecule has 0 aromatic heterocycles. The molecule has 2 rings (SSSR count). The maximum Gasteiger partial charge on any atom is 0.122 e. The van der Waals surface area contributed by atoms with Crippen molar-refractivity contribution in [3.05, 3.63) is 29.3 Å². The van der Waals surface area contributed by atoms with E-state index in [0.29, 0.717) is 0 Å². The predicted molar refractivity (Wildman–Crippen MR) is 68.1 cm³/mol. The van der Waals surface area contributed by atoms with Gasteiger partial charge < -0.3 is 15.6 Å². The van der Waals surface area contributed by atoms with Crippen LogP contribution in [0.4, 0.5) is 0 Å². The third-order valence-corrected chi connectivity index (χ3v) is 3.89. The molecule has 0 bridgehead atoms. The molecule has 0 aliphatic heterocycles. The summed E-state index contributed by atoms with van der Waals surface area (Å²) in [7, 11) is 1.68. The van der Waals surface area contributed by atoms with E-state index in [2.05, 4.69) is 6.07 Å². The van der Waals surface area contributed by atoms with Gasteiger partial charge in [0, 0.05) is 5.54 Å². The Hall–Kier alpha value is -1.06. The molecule has 17 heavy (non-hydrogen) atoms. The fourth-order valence-electron chi connectivity index (χ4n) is 2.76. The topological polar surface area (TPSA) is 55.5 Å². The molecule has 3 heteroatoms. The molecule has 3 N–H and O–H groups in total. The second kappa shape index (κ2) is 4.67. The Morgan fingerprint density at radius 3 is 2.59 bits per heavy atom. The van der Waals surface area contributed by atoms with Crippen LogP contribution in [0.3, 0.4) is 0 Å². The summed E-state index contributed by atoms with van der Waals surface area (Å²) >= 11 is 0. The van der Waals surface area contributed by atoms with E-state index < -0.39 is 0 Å². The summed E-state index contributed by atoms with van der Waals surface area (Å²) in [5.41, 5.74) is 8.47. The van der Waals surface area contributed by atoms with Crippen molar-refractivity contribution in [2.75, 3.05) is 7.11 Å².